The highest BCUT2D eigenvalue weighted by Gasteiger charge is 2.42. The molecule has 1 aromatic carbocycles. The normalized spacial score (nSPS) is 20.6. The molecular formula is C20H21ClN4O3S3. The molecule has 2 aromatic heterocycles. The van der Waals surface area contributed by atoms with Crippen LogP contribution in [-0.2, 0) is 14.8 Å². The summed E-state index contributed by atoms with van der Waals surface area (Å²) in [6.07, 6.45) is 1.28. The third-order valence-electron chi connectivity index (χ3n) is 5.75. The van der Waals surface area contributed by atoms with Crippen LogP contribution in [0, 0.1) is 0 Å². The standard InChI is InChI=1S/C20H21ClN4O3S3/c21-14-5-6-15-17(13-14)30-20(22-15)24-10-8-23(9-11-24)19(26)16-3-1-7-25(16)31(27,28)18-4-2-12-29-18/h2,4-6,12-13,16H,1,3,7-11H2/t16-/m0/s1. The number of piperazine rings is 1. The second-order valence-corrected chi connectivity index (χ2v) is 12.1. The fraction of sp³-hybridized carbons (Fsp3) is 0.400. The Morgan fingerprint density at radius 1 is 1.13 bits per heavy atom. The van der Waals surface area contributed by atoms with Crippen molar-refractivity contribution in [3.63, 3.8) is 0 Å². The zero-order valence-electron chi connectivity index (χ0n) is 16.6. The molecule has 2 saturated heterocycles. The molecule has 2 aliphatic rings. The molecule has 5 rings (SSSR count). The van der Waals surface area contributed by atoms with Crippen LogP contribution in [0.25, 0.3) is 10.2 Å². The van der Waals surface area contributed by atoms with Gasteiger partial charge in [0.15, 0.2) is 5.13 Å². The lowest BCUT2D eigenvalue weighted by atomic mass is 10.2. The smallest absolute Gasteiger partial charge is 0.253 e. The molecule has 3 aromatic rings. The van der Waals surface area contributed by atoms with Crippen molar-refractivity contribution in [1.82, 2.24) is 14.2 Å². The number of nitrogens with zero attached hydrogens (tertiary/aromatic N) is 4. The number of anilines is 1. The van der Waals surface area contributed by atoms with E-state index in [-0.39, 0.29) is 5.91 Å². The summed E-state index contributed by atoms with van der Waals surface area (Å²) in [6, 6.07) is 8.38. The summed E-state index contributed by atoms with van der Waals surface area (Å²) < 4.78 is 28.7. The largest absolute Gasteiger partial charge is 0.345 e. The van der Waals surface area contributed by atoms with Crippen LogP contribution < -0.4 is 4.90 Å². The van der Waals surface area contributed by atoms with E-state index in [4.69, 9.17) is 16.6 Å². The van der Waals surface area contributed by atoms with Crippen molar-refractivity contribution < 1.29 is 13.2 Å². The minimum absolute atomic E-state index is 0.0895. The SMILES string of the molecule is O=C([C@@H]1CCCN1S(=O)(=O)c1cccs1)N1CCN(c2nc3ccc(Cl)cc3s2)CC1. The van der Waals surface area contributed by atoms with E-state index < -0.39 is 16.1 Å². The number of fused-ring (bicyclic) bond motifs is 1. The molecule has 0 aliphatic carbocycles. The number of benzene rings is 1. The number of carbonyl (C=O) groups is 1. The van der Waals surface area contributed by atoms with Gasteiger partial charge in [0, 0.05) is 37.7 Å². The molecule has 1 amide bonds. The lowest BCUT2D eigenvalue weighted by Crippen LogP contribution is -2.54. The summed E-state index contributed by atoms with van der Waals surface area (Å²) in [5.41, 5.74) is 0.920. The zero-order valence-corrected chi connectivity index (χ0v) is 19.8. The van der Waals surface area contributed by atoms with Gasteiger partial charge in [-0.25, -0.2) is 13.4 Å². The van der Waals surface area contributed by atoms with E-state index in [1.807, 2.05) is 18.2 Å². The maximum atomic E-state index is 13.2. The van der Waals surface area contributed by atoms with Crippen molar-refractivity contribution in [1.29, 1.82) is 0 Å². The Bertz CT molecular complexity index is 1200. The molecule has 2 fully saturated rings. The van der Waals surface area contributed by atoms with Crippen molar-refractivity contribution in [3.05, 3.63) is 40.7 Å². The molecule has 0 saturated carbocycles. The van der Waals surface area contributed by atoms with Crippen molar-refractivity contribution in [2.24, 2.45) is 0 Å². The molecular weight excluding hydrogens is 476 g/mol. The van der Waals surface area contributed by atoms with E-state index in [9.17, 15) is 13.2 Å². The van der Waals surface area contributed by atoms with Gasteiger partial charge in [0.1, 0.15) is 10.3 Å². The molecule has 0 bridgehead atoms. The van der Waals surface area contributed by atoms with Crippen LogP contribution in [0.4, 0.5) is 5.13 Å². The van der Waals surface area contributed by atoms with Gasteiger partial charge >= 0.3 is 0 Å². The van der Waals surface area contributed by atoms with Crippen LogP contribution in [0.15, 0.2) is 39.9 Å². The molecule has 1 atom stereocenters. The summed E-state index contributed by atoms with van der Waals surface area (Å²) in [5.74, 6) is -0.0895. The minimum Gasteiger partial charge on any atom is -0.345 e. The van der Waals surface area contributed by atoms with E-state index in [1.165, 1.54) is 15.6 Å². The zero-order chi connectivity index (χ0) is 21.6. The van der Waals surface area contributed by atoms with Crippen molar-refractivity contribution in [2.75, 3.05) is 37.6 Å². The molecule has 0 spiro atoms. The second kappa shape index (κ2) is 8.32. The number of hydrogen-bond acceptors (Lipinski definition) is 7. The number of carbonyl (C=O) groups excluding carboxylic acids is 1. The summed E-state index contributed by atoms with van der Waals surface area (Å²) in [4.78, 5) is 21.9. The van der Waals surface area contributed by atoms with Gasteiger partial charge in [-0.3, -0.25) is 4.79 Å². The van der Waals surface area contributed by atoms with Crippen LogP contribution in [0.3, 0.4) is 0 Å². The Morgan fingerprint density at radius 3 is 2.68 bits per heavy atom. The first-order valence-corrected chi connectivity index (χ1v) is 13.6. The van der Waals surface area contributed by atoms with Crippen LogP contribution in [-0.4, -0.2) is 67.3 Å². The second-order valence-electron chi connectivity index (χ2n) is 7.63. The lowest BCUT2D eigenvalue weighted by molar-refractivity contribution is -0.134. The Balaban J connectivity index is 1.27. The molecule has 31 heavy (non-hydrogen) atoms. The maximum absolute atomic E-state index is 13.2. The van der Waals surface area contributed by atoms with Crippen molar-refractivity contribution in [3.8, 4) is 0 Å². The predicted octanol–water partition coefficient (Wildman–Crippen LogP) is 3.51. The van der Waals surface area contributed by atoms with E-state index >= 15 is 0 Å². The number of hydrogen-bond donors (Lipinski definition) is 0. The van der Waals surface area contributed by atoms with E-state index in [2.05, 4.69) is 4.90 Å². The first-order valence-electron chi connectivity index (χ1n) is 10.1. The Labute approximate surface area is 193 Å². The Morgan fingerprint density at radius 2 is 1.94 bits per heavy atom. The third-order valence-corrected chi connectivity index (χ3v) is 10.3. The number of sulfonamides is 1. The van der Waals surface area contributed by atoms with Gasteiger partial charge in [-0.2, -0.15) is 4.31 Å². The molecule has 2 aliphatic heterocycles. The maximum Gasteiger partial charge on any atom is 0.253 e. The Kier molecular flexibility index (Phi) is 5.68. The van der Waals surface area contributed by atoms with Gasteiger partial charge in [-0.05, 0) is 42.5 Å². The van der Waals surface area contributed by atoms with Crippen LogP contribution >= 0.6 is 34.3 Å². The number of thiophene rings is 1. The summed E-state index contributed by atoms with van der Waals surface area (Å²) in [5, 5.41) is 3.36. The quantitative estimate of drug-likeness (QED) is 0.552. The average Bonchev–Trinajstić information content (AvgIpc) is 3.53. The summed E-state index contributed by atoms with van der Waals surface area (Å²) in [7, 11) is -3.63. The van der Waals surface area contributed by atoms with Gasteiger partial charge in [0.05, 0.1) is 10.2 Å². The fourth-order valence-electron chi connectivity index (χ4n) is 4.15. The molecule has 4 heterocycles. The minimum atomic E-state index is -3.63. The molecule has 7 nitrogen and oxygen atoms in total. The van der Waals surface area contributed by atoms with Crippen LogP contribution in [0.1, 0.15) is 12.8 Å². The Hall–Kier alpha value is -1.72. The number of aromatic nitrogens is 1. The molecule has 0 N–H and O–H groups in total. The molecule has 0 unspecified atom stereocenters. The summed E-state index contributed by atoms with van der Waals surface area (Å²) in [6.45, 7) is 2.84. The third kappa shape index (κ3) is 3.95. The molecule has 164 valence electrons. The highest BCUT2D eigenvalue weighted by atomic mass is 35.5. The van der Waals surface area contributed by atoms with E-state index in [0.29, 0.717) is 54.8 Å². The van der Waals surface area contributed by atoms with Crippen molar-refractivity contribution >= 4 is 65.6 Å². The number of rotatable bonds is 4. The summed E-state index contributed by atoms with van der Waals surface area (Å²) >= 11 is 8.87. The first-order chi connectivity index (χ1) is 14.9. The van der Waals surface area contributed by atoms with E-state index in [0.717, 1.165) is 15.3 Å². The van der Waals surface area contributed by atoms with Gasteiger partial charge in [-0.15, -0.1) is 11.3 Å². The van der Waals surface area contributed by atoms with E-state index in [1.54, 1.807) is 33.7 Å². The first kappa shape index (κ1) is 21.1. The van der Waals surface area contributed by atoms with Gasteiger partial charge < -0.3 is 9.80 Å². The molecule has 11 heteroatoms. The van der Waals surface area contributed by atoms with Gasteiger partial charge in [0.25, 0.3) is 10.0 Å². The lowest BCUT2D eigenvalue weighted by Gasteiger charge is -2.37. The average molecular weight is 497 g/mol. The van der Waals surface area contributed by atoms with Crippen LogP contribution in [0.5, 0.6) is 0 Å². The van der Waals surface area contributed by atoms with Crippen LogP contribution in [0.2, 0.25) is 5.02 Å². The monoisotopic (exact) mass is 496 g/mol. The topological polar surface area (TPSA) is 73.8 Å². The van der Waals surface area contributed by atoms with Gasteiger partial charge in [-0.1, -0.05) is 29.0 Å². The number of thiazole rings is 1. The molecule has 0 radical (unpaired) electrons. The number of halogens is 1. The van der Waals surface area contributed by atoms with Crippen molar-refractivity contribution in [2.45, 2.75) is 23.1 Å². The highest BCUT2D eigenvalue weighted by molar-refractivity contribution is 7.91. The highest BCUT2D eigenvalue weighted by Crippen LogP contribution is 2.32. The predicted molar refractivity (Wildman–Crippen MR) is 125 cm³/mol. The number of amides is 1. The fourth-order valence-corrected chi connectivity index (χ4v) is 8.21. The van der Waals surface area contributed by atoms with Gasteiger partial charge in [0.2, 0.25) is 5.91 Å².